The molecular formula is C47H58Cl5N4O14P. The van der Waals surface area contributed by atoms with Crippen molar-refractivity contribution >= 4 is 119 Å². The summed E-state index contributed by atoms with van der Waals surface area (Å²) in [5.41, 5.74) is 4.54. The Hall–Kier alpha value is -4.30. The van der Waals surface area contributed by atoms with Crippen LogP contribution in [0.5, 0.6) is 0 Å². The van der Waals surface area contributed by atoms with Gasteiger partial charge in [-0.25, -0.2) is 9.69 Å². The fraction of sp³-hybridized carbons (Fsp3) is 0.447. The number of esters is 1. The molecule has 0 spiro atoms. The highest BCUT2D eigenvalue weighted by Gasteiger charge is 2.45. The Bertz CT molecular complexity index is 2410. The zero-order valence-corrected chi connectivity index (χ0v) is 44.6. The molecule has 1 unspecified atom stereocenters. The summed E-state index contributed by atoms with van der Waals surface area (Å²) < 4.78 is 31.1. The normalized spacial score (nSPS) is 16.3. The third kappa shape index (κ3) is 17.7. The third-order valence-electron chi connectivity index (χ3n) is 10.6. The Morgan fingerprint density at radius 1 is 0.986 bits per heavy atom. The fourth-order valence-electron chi connectivity index (χ4n) is 7.41. The van der Waals surface area contributed by atoms with Crippen LogP contribution in [0.15, 0.2) is 75.4 Å². The first-order chi connectivity index (χ1) is 33.5. The second-order valence-electron chi connectivity index (χ2n) is 16.0. The van der Waals surface area contributed by atoms with Gasteiger partial charge < -0.3 is 38.4 Å². The van der Waals surface area contributed by atoms with Gasteiger partial charge in [-0.15, -0.1) is 11.6 Å². The average Bonchev–Trinajstić information content (AvgIpc) is 4.04. The number of imide groups is 1. The summed E-state index contributed by atoms with van der Waals surface area (Å²) in [6, 6.07) is 14.4. The van der Waals surface area contributed by atoms with Crippen LogP contribution in [0, 0.1) is 0 Å². The molecule has 6 rings (SSSR count). The van der Waals surface area contributed by atoms with E-state index in [9.17, 15) is 33.3 Å². The van der Waals surface area contributed by atoms with Crippen molar-refractivity contribution < 1.29 is 66.9 Å². The van der Waals surface area contributed by atoms with Crippen LogP contribution in [0.1, 0.15) is 88.9 Å². The summed E-state index contributed by atoms with van der Waals surface area (Å²) in [5.74, 6) is -2.20. The fourth-order valence-corrected chi connectivity index (χ4v) is 8.54. The number of aryl methyl sites for hydroxylation is 2. The lowest BCUT2D eigenvalue weighted by Gasteiger charge is -2.29. The molecule has 71 heavy (non-hydrogen) atoms. The summed E-state index contributed by atoms with van der Waals surface area (Å²) in [6.45, 7) is 9.80. The van der Waals surface area contributed by atoms with Gasteiger partial charge in [0.15, 0.2) is 4.84 Å². The lowest BCUT2D eigenvalue weighted by atomic mass is 9.93. The van der Waals surface area contributed by atoms with Crippen molar-refractivity contribution in [2.24, 2.45) is 0 Å². The van der Waals surface area contributed by atoms with E-state index in [1.807, 2.05) is 24.3 Å². The van der Waals surface area contributed by atoms with Crippen LogP contribution >= 0.6 is 65.6 Å². The van der Waals surface area contributed by atoms with Gasteiger partial charge >= 0.3 is 19.5 Å². The number of benzene rings is 2. The van der Waals surface area contributed by atoms with Gasteiger partial charge in [0.1, 0.15) is 35.2 Å². The van der Waals surface area contributed by atoms with Gasteiger partial charge in [0.25, 0.3) is 17.7 Å². The van der Waals surface area contributed by atoms with Crippen LogP contribution in [0.4, 0.5) is 11.4 Å². The molecule has 2 aliphatic heterocycles. The zero-order valence-electron chi connectivity index (χ0n) is 39.9. The Kier molecular flexibility index (Phi) is 24.8. The minimum absolute atomic E-state index is 0.0371. The topological polar surface area (TPSA) is 243 Å². The molecule has 0 bridgehead atoms. The molecule has 1 aromatic heterocycles. The number of methoxy groups -OCH3 is 1. The van der Waals surface area contributed by atoms with E-state index in [1.165, 1.54) is 15.9 Å². The predicted molar refractivity (Wildman–Crippen MR) is 272 cm³/mol. The third-order valence-corrected chi connectivity index (χ3v) is 12.5. The van der Waals surface area contributed by atoms with E-state index >= 15 is 0 Å². The monoisotopic (exact) mass is 1110 g/mol. The Morgan fingerprint density at radius 2 is 1.59 bits per heavy atom. The number of carbonyl (C=O) groups excluding carboxylic acids is 5. The van der Waals surface area contributed by atoms with Crippen LogP contribution in [0.25, 0.3) is 6.08 Å². The summed E-state index contributed by atoms with van der Waals surface area (Å²) >= 11 is 29.0. The smallest absolute Gasteiger partial charge is 0.349 e. The maximum absolute atomic E-state index is 12.7. The van der Waals surface area contributed by atoms with Gasteiger partial charge in [-0.3, -0.25) is 38.8 Å². The summed E-state index contributed by atoms with van der Waals surface area (Å²) in [6.07, 6.45) is 6.89. The molecular weight excluding hydrogens is 1050 g/mol. The molecule has 4 amide bonds. The number of hydrogen-bond acceptors (Lipinski definition) is 12. The number of amides is 4. The van der Waals surface area contributed by atoms with E-state index in [-0.39, 0.29) is 54.0 Å². The molecule has 3 aromatic rings. The number of carboxylic acid groups (broad SMARTS) is 1. The van der Waals surface area contributed by atoms with Gasteiger partial charge in [0.05, 0.1) is 43.6 Å². The van der Waals surface area contributed by atoms with Crippen LogP contribution in [0.2, 0.25) is 5.02 Å². The number of nitrogens with one attached hydrogen (secondary N) is 1. The lowest BCUT2D eigenvalue weighted by Crippen LogP contribution is -2.45. The number of furan rings is 1. The molecule has 390 valence electrons. The maximum atomic E-state index is 12.7. The highest BCUT2D eigenvalue weighted by atomic mass is 35.5. The average molecular weight is 1110 g/mol. The number of rotatable bonds is 16. The second-order valence-corrected chi connectivity index (χ2v) is 19.8. The van der Waals surface area contributed by atoms with Gasteiger partial charge in [-0.1, -0.05) is 78.5 Å². The molecule has 0 saturated carbocycles. The number of anilines is 2. The molecule has 3 heterocycles. The second kappa shape index (κ2) is 28.8. The Balaban J connectivity index is 0.000000263. The highest BCUT2D eigenvalue weighted by Crippen LogP contribution is 2.39. The number of para-hydroxylation sites is 1. The Labute approximate surface area is 437 Å². The molecule has 4 N–H and O–H groups in total. The number of halogens is 5. The number of hydrogen-bond donors (Lipinski definition) is 4. The van der Waals surface area contributed by atoms with Crippen molar-refractivity contribution in [1.29, 1.82) is 0 Å². The summed E-state index contributed by atoms with van der Waals surface area (Å²) in [5, 5.41) is 10.3. The number of carboxylic acids is 1. The number of alkyl halides is 3. The summed E-state index contributed by atoms with van der Waals surface area (Å²) in [7, 11) is -2.52. The van der Waals surface area contributed by atoms with Crippen molar-refractivity contribution in [3.63, 3.8) is 0 Å². The largest absolute Gasteiger partial charge is 0.480 e. The van der Waals surface area contributed by atoms with E-state index in [0.717, 1.165) is 42.5 Å². The first kappa shape index (κ1) is 61.0. The van der Waals surface area contributed by atoms with E-state index in [1.54, 1.807) is 63.3 Å². The number of aliphatic carboxylic acids is 1. The van der Waals surface area contributed by atoms with Gasteiger partial charge in [-0.2, -0.15) is 0 Å². The molecule has 24 heteroatoms. The number of carbonyl (C=O) groups is 6. The lowest BCUT2D eigenvalue weighted by molar-refractivity contribution is -0.144. The summed E-state index contributed by atoms with van der Waals surface area (Å²) in [4.78, 5) is 90.2. The van der Waals surface area contributed by atoms with Crippen LogP contribution in [-0.2, 0) is 60.4 Å². The minimum Gasteiger partial charge on any atom is -0.480 e. The molecule has 1 aliphatic carbocycles. The van der Waals surface area contributed by atoms with Crippen molar-refractivity contribution in [2.45, 2.75) is 89.8 Å². The van der Waals surface area contributed by atoms with Gasteiger partial charge in [-0.05, 0) is 112 Å². The number of ether oxygens (including phenoxy) is 3. The van der Waals surface area contributed by atoms with E-state index < -0.39 is 42.9 Å². The molecule has 2 aromatic carbocycles. The van der Waals surface area contributed by atoms with Crippen LogP contribution < -0.4 is 15.1 Å². The molecule has 3 aliphatic rings. The first-order valence-corrected chi connectivity index (χ1v) is 26.1. The zero-order chi connectivity index (χ0) is 53.2. The minimum atomic E-state index is -4.10. The molecule has 1 fully saturated rings. The number of nitrogens with zero attached hydrogens (tertiary/aromatic N) is 3. The van der Waals surface area contributed by atoms with Crippen LogP contribution in [0.3, 0.4) is 0 Å². The quantitative estimate of drug-likeness (QED) is 0.0262. The van der Waals surface area contributed by atoms with Crippen molar-refractivity contribution in [2.75, 3.05) is 55.5 Å². The van der Waals surface area contributed by atoms with E-state index in [4.69, 9.17) is 91.5 Å². The van der Waals surface area contributed by atoms with E-state index in [0.29, 0.717) is 52.6 Å². The van der Waals surface area contributed by atoms with Gasteiger partial charge in [0, 0.05) is 23.3 Å². The molecule has 18 nitrogen and oxygen atoms in total. The standard InChI is InChI=1S/C19H17Cl2NO4.C14H20ClNO2.C11H13Cl2NO3.C3H8NO5P/c1-2-26-19(25)16(21)10-11-9-12(7-8-15(11)20)22-17(23)13-5-3-4-6-14(13)18(22)24;1-4-11-7-6-8-12(5-2)14(11)16(10-18-3)13(17)9-15;1-11(2)14(10(15)9(12)13)6-8(17-11)7-4-3-5-16-7;5-3(6)1-4-2-10(7,8)9/h7-10H,2-6H2,1H3;6-8H,4-5,9-10H2,1-3H3;3-5,8-9H,6H2,1-2H3;4H,1-2H2,(H,5,6)(H2,7,8,9)/b16-10-;;;. The van der Waals surface area contributed by atoms with Crippen LogP contribution in [-0.4, -0.2) is 112 Å². The molecule has 0 radical (unpaired) electrons. The SMILES string of the molecule is CC1(C)OC(c2ccco2)CN1C(=O)C(Cl)Cl.CCOC(=O)/C(Cl)=C/c1cc(N2C(=O)C3=C(CCCC3)C2=O)ccc1Cl.CCc1cccc(CC)c1N(COC)C(=O)CCl.O=C(O)CNCP(=O)(O)O. The molecule has 1 atom stereocenters. The molecule has 1 saturated heterocycles. The van der Waals surface area contributed by atoms with Crippen molar-refractivity contribution in [3.05, 3.63) is 98.4 Å². The Morgan fingerprint density at radius 3 is 2.07 bits per heavy atom. The first-order valence-electron chi connectivity index (χ1n) is 22.1. The van der Waals surface area contributed by atoms with E-state index in [2.05, 4.69) is 19.2 Å². The van der Waals surface area contributed by atoms with Gasteiger partial charge in [0.2, 0.25) is 5.91 Å². The maximum Gasteiger partial charge on any atom is 0.349 e. The predicted octanol–water partition coefficient (Wildman–Crippen LogP) is 8.73. The van der Waals surface area contributed by atoms with Crippen molar-refractivity contribution in [1.82, 2.24) is 10.2 Å². The van der Waals surface area contributed by atoms with Crippen molar-refractivity contribution in [3.8, 4) is 0 Å². The highest BCUT2D eigenvalue weighted by molar-refractivity contribution is 7.51.